The number of aromatic hydroxyl groups is 1. The van der Waals surface area contributed by atoms with Crippen LogP contribution in [-0.2, 0) is 6.42 Å². The number of phenolic OH excluding ortho intramolecular Hbond substituents is 1. The third-order valence-electron chi connectivity index (χ3n) is 3.31. The molecule has 0 aliphatic heterocycles. The Hall–Kier alpha value is -1.58. The van der Waals surface area contributed by atoms with Crippen molar-refractivity contribution >= 4 is 5.69 Å². The summed E-state index contributed by atoms with van der Waals surface area (Å²) in [5.41, 5.74) is 0.750. The third-order valence-corrected chi connectivity index (χ3v) is 3.31. The van der Waals surface area contributed by atoms with E-state index in [-0.39, 0.29) is 11.4 Å². The Bertz CT molecular complexity index is 404. The van der Waals surface area contributed by atoms with E-state index in [0.717, 1.165) is 18.4 Å². The van der Waals surface area contributed by atoms with Crippen LogP contribution >= 0.6 is 0 Å². The fraction of sp³-hybridized carbons (Fsp3) is 0.600. The lowest BCUT2D eigenvalue weighted by molar-refractivity contribution is -0.385. The molecule has 1 N–H and O–H groups in total. The highest BCUT2D eigenvalue weighted by molar-refractivity contribution is 5.47. The number of aryl methyl sites for hydroxylation is 1. The van der Waals surface area contributed by atoms with Gasteiger partial charge in [0.05, 0.1) is 4.92 Å². The van der Waals surface area contributed by atoms with Gasteiger partial charge in [0, 0.05) is 6.07 Å². The van der Waals surface area contributed by atoms with Crippen molar-refractivity contribution < 1.29 is 10.0 Å². The van der Waals surface area contributed by atoms with Crippen LogP contribution in [0.4, 0.5) is 5.69 Å². The van der Waals surface area contributed by atoms with Gasteiger partial charge in [-0.1, -0.05) is 51.5 Å². The van der Waals surface area contributed by atoms with Crippen LogP contribution in [0, 0.1) is 10.1 Å². The Labute approximate surface area is 114 Å². The molecule has 0 fully saturated rings. The molecule has 19 heavy (non-hydrogen) atoms. The maximum absolute atomic E-state index is 10.6. The van der Waals surface area contributed by atoms with Gasteiger partial charge in [-0.2, -0.15) is 0 Å². The number of nitro groups is 1. The van der Waals surface area contributed by atoms with Gasteiger partial charge in [0.1, 0.15) is 0 Å². The Morgan fingerprint density at radius 3 is 2.32 bits per heavy atom. The molecule has 1 rings (SSSR count). The SMILES string of the molecule is CCCCCCCCCc1ccc([N+](=O)[O-])c(O)c1. The molecule has 0 saturated heterocycles. The maximum Gasteiger partial charge on any atom is 0.310 e. The first-order valence-electron chi connectivity index (χ1n) is 7.11. The van der Waals surface area contributed by atoms with Crippen LogP contribution in [0.5, 0.6) is 5.75 Å². The minimum absolute atomic E-state index is 0.219. The minimum Gasteiger partial charge on any atom is -0.502 e. The fourth-order valence-corrected chi connectivity index (χ4v) is 2.17. The smallest absolute Gasteiger partial charge is 0.310 e. The van der Waals surface area contributed by atoms with Gasteiger partial charge in [-0.3, -0.25) is 10.1 Å². The minimum atomic E-state index is -0.563. The van der Waals surface area contributed by atoms with E-state index in [9.17, 15) is 15.2 Å². The number of nitro benzene ring substituents is 1. The predicted octanol–water partition coefficient (Wildman–Crippen LogP) is 4.59. The highest BCUT2D eigenvalue weighted by atomic mass is 16.6. The average molecular weight is 265 g/mol. The zero-order chi connectivity index (χ0) is 14.1. The van der Waals surface area contributed by atoms with E-state index in [1.54, 1.807) is 6.07 Å². The van der Waals surface area contributed by atoms with Gasteiger partial charge in [-0.15, -0.1) is 0 Å². The van der Waals surface area contributed by atoms with Crippen LogP contribution in [0.25, 0.3) is 0 Å². The van der Waals surface area contributed by atoms with E-state index in [2.05, 4.69) is 6.92 Å². The van der Waals surface area contributed by atoms with Crippen molar-refractivity contribution in [2.45, 2.75) is 58.3 Å². The van der Waals surface area contributed by atoms with E-state index in [1.807, 2.05) is 0 Å². The number of nitrogens with zero attached hydrogens (tertiary/aromatic N) is 1. The van der Waals surface area contributed by atoms with Gasteiger partial charge >= 0.3 is 5.69 Å². The van der Waals surface area contributed by atoms with E-state index in [1.165, 1.54) is 50.7 Å². The molecule has 0 radical (unpaired) electrons. The molecule has 0 aliphatic rings. The predicted molar refractivity (Wildman–Crippen MR) is 76.5 cm³/mol. The molecule has 0 saturated carbocycles. The Kier molecular flexibility index (Phi) is 6.93. The van der Waals surface area contributed by atoms with Crippen LogP contribution in [-0.4, -0.2) is 10.0 Å². The monoisotopic (exact) mass is 265 g/mol. The van der Waals surface area contributed by atoms with E-state index in [0.29, 0.717) is 0 Å². The topological polar surface area (TPSA) is 63.4 Å². The largest absolute Gasteiger partial charge is 0.502 e. The first kappa shape index (κ1) is 15.5. The van der Waals surface area contributed by atoms with Crippen LogP contribution in [0.1, 0.15) is 57.4 Å². The van der Waals surface area contributed by atoms with E-state index >= 15 is 0 Å². The second-order valence-electron chi connectivity index (χ2n) is 4.95. The quantitative estimate of drug-likeness (QED) is 0.403. The normalized spacial score (nSPS) is 10.6. The molecular weight excluding hydrogens is 242 g/mol. The zero-order valence-electron chi connectivity index (χ0n) is 11.6. The highest BCUT2D eigenvalue weighted by Gasteiger charge is 2.12. The molecule has 0 atom stereocenters. The van der Waals surface area contributed by atoms with Crippen LogP contribution in [0.3, 0.4) is 0 Å². The highest BCUT2D eigenvalue weighted by Crippen LogP contribution is 2.26. The fourth-order valence-electron chi connectivity index (χ4n) is 2.17. The lowest BCUT2D eigenvalue weighted by Crippen LogP contribution is -1.91. The van der Waals surface area contributed by atoms with Crippen molar-refractivity contribution in [2.75, 3.05) is 0 Å². The molecule has 0 bridgehead atoms. The molecule has 1 aromatic rings. The lowest BCUT2D eigenvalue weighted by atomic mass is 10.0. The summed E-state index contributed by atoms with van der Waals surface area (Å²) in [5.74, 6) is -0.231. The molecule has 0 unspecified atom stereocenters. The molecule has 4 heteroatoms. The van der Waals surface area contributed by atoms with Crippen molar-refractivity contribution in [2.24, 2.45) is 0 Å². The maximum atomic E-state index is 10.6. The number of hydrogen-bond donors (Lipinski definition) is 1. The summed E-state index contributed by atoms with van der Waals surface area (Å²) < 4.78 is 0. The first-order valence-corrected chi connectivity index (χ1v) is 7.11. The van der Waals surface area contributed by atoms with Crippen molar-refractivity contribution in [3.8, 4) is 5.75 Å². The summed E-state index contributed by atoms with van der Waals surface area (Å²) in [6.07, 6.45) is 9.57. The zero-order valence-corrected chi connectivity index (χ0v) is 11.6. The molecule has 106 valence electrons. The number of unbranched alkanes of at least 4 members (excludes halogenated alkanes) is 6. The van der Waals surface area contributed by atoms with E-state index < -0.39 is 4.92 Å². The summed E-state index contributed by atoms with van der Waals surface area (Å²) in [7, 11) is 0. The Balaban J connectivity index is 2.26. The molecule has 0 heterocycles. The second kappa shape index (κ2) is 8.51. The van der Waals surface area contributed by atoms with Crippen molar-refractivity contribution in [3.05, 3.63) is 33.9 Å². The van der Waals surface area contributed by atoms with E-state index in [4.69, 9.17) is 0 Å². The molecule has 0 spiro atoms. The summed E-state index contributed by atoms with van der Waals surface area (Å²) >= 11 is 0. The van der Waals surface area contributed by atoms with Crippen LogP contribution in [0.15, 0.2) is 18.2 Å². The van der Waals surface area contributed by atoms with Gasteiger partial charge in [0.25, 0.3) is 0 Å². The van der Waals surface area contributed by atoms with Crippen molar-refractivity contribution in [1.82, 2.24) is 0 Å². The average Bonchev–Trinajstić information content (AvgIpc) is 2.37. The summed E-state index contributed by atoms with van der Waals surface area (Å²) in [6.45, 7) is 2.21. The lowest BCUT2D eigenvalue weighted by Gasteiger charge is -2.03. The number of hydrogen-bond acceptors (Lipinski definition) is 3. The molecule has 0 aliphatic carbocycles. The number of benzene rings is 1. The standard InChI is InChI=1S/C15H23NO3/c1-2-3-4-5-6-7-8-9-13-10-11-14(16(18)19)15(17)12-13/h10-12,17H,2-9H2,1H3. The van der Waals surface area contributed by atoms with Crippen LogP contribution < -0.4 is 0 Å². The summed E-state index contributed by atoms with van der Waals surface area (Å²) in [6, 6.07) is 4.62. The second-order valence-corrected chi connectivity index (χ2v) is 4.95. The van der Waals surface area contributed by atoms with Crippen molar-refractivity contribution in [3.63, 3.8) is 0 Å². The molecule has 4 nitrogen and oxygen atoms in total. The molecule has 0 amide bonds. The summed E-state index contributed by atoms with van der Waals surface area (Å²) in [5, 5.41) is 20.1. The van der Waals surface area contributed by atoms with Gasteiger partial charge in [-0.05, 0) is 24.5 Å². The van der Waals surface area contributed by atoms with Crippen LogP contribution in [0.2, 0.25) is 0 Å². The van der Waals surface area contributed by atoms with Gasteiger partial charge in [0.15, 0.2) is 5.75 Å². The Morgan fingerprint density at radius 2 is 1.74 bits per heavy atom. The molecule has 0 aromatic heterocycles. The van der Waals surface area contributed by atoms with Gasteiger partial charge < -0.3 is 5.11 Å². The third kappa shape index (κ3) is 5.73. The molecule has 1 aromatic carbocycles. The Morgan fingerprint density at radius 1 is 1.11 bits per heavy atom. The van der Waals surface area contributed by atoms with Gasteiger partial charge in [0.2, 0.25) is 0 Å². The first-order chi connectivity index (χ1) is 9.15. The number of rotatable bonds is 9. The molecular formula is C15H23NO3. The number of phenols is 1. The van der Waals surface area contributed by atoms with Crippen molar-refractivity contribution in [1.29, 1.82) is 0 Å². The van der Waals surface area contributed by atoms with Gasteiger partial charge in [-0.25, -0.2) is 0 Å². The summed E-state index contributed by atoms with van der Waals surface area (Å²) in [4.78, 5) is 10.0.